The van der Waals surface area contributed by atoms with Gasteiger partial charge in [0.05, 0.1) is 17.7 Å². The molecule has 1 amide bonds. The van der Waals surface area contributed by atoms with Gasteiger partial charge in [-0.15, -0.1) is 0 Å². The molecule has 10 heteroatoms. The zero-order valence-corrected chi connectivity index (χ0v) is 15.4. The number of amides is 1. The molecule has 3 rings (SSSR count). The molecule has 28 heavy (non-hydrogen) atoms. The Morgan fingerprint density at radius 2 is 1.93 bits per heavy atom. The predicted molar refractivity (Wildman–Crippen MR) is 102 cm³/mol. The number of aromatic carboxylic acids is 1. The first-order chi connectivity index (χ1) is 13.3. The van der Waals surface area contributed by atoms with Crippen molar-refractivity contribution in [2.24, 2.45) is 5.84 Å². The molecule has 9 nitrogen and oxygen atoms in total. The number of pyridine rings is 1. The van der Waals surface area contributed by atoms with E-state index in [9.17, 15) is 23.9 Å². The minimum Gasteiger partial charge on any atom is -0.477 e. The molecule has 1 aromatic carbocycles. The van der Waals surface area contributed by atoms with Crippen LogP contribution in [-0.4, -0.2) is 59.2 Å². The van der Waals surface area contributed by atoms with Gasteiger partial charge in [0.2, 0.25) is 11.3 Å². The Bertz CT molecular complexity index is 982. The average molecular weight is 391 g/mol. The van der Waals surface area contributed by atoms with Crippen LogP contribution in [0.25, 0.3) is 10.9 Å². The number of carbonyl (C=O) groups excluding carboxylic acids is 1. The number of nitrogens with zero attached hydrogens (tertiary/aromatic N) is 3. The monoisotopic (exact) mass is 391 g/mol. The fourth-order valence-electron chi connectivity index (χ4n) is 3.45. The maximum Gasteiger partial charge on any atom is 0.341 e. The van der Waals surface area contributed by atoms with Crippen molar-refractivity contribution < 1.29 is 19.1 Å². The summed E-state index contributed by atoms with van der Waals surface area (Å²) in [6.45, 7) is 4.56. The van der Waals surface area contributed by atoms with Crippen molar-refractivity contribution in [3.63, 3.8) is 0 Å². The van der Waals surface area contributed by atoms with E-state index in [2.05, 4.69) is 5.43 Å². The van der Waals surface area contributed by atoms with Crippen LogP contribution in [0.4, 0.5) is 10.1 Å². The van der Waals surface area contributed by atoms with Crippen molar-refractivity contribution in [3.05, 3.63) is 39.9 Å². The number of hydrazine groups is 1. The van der Waals surface area contributed by atoms with Gasteiger partial charge in [-0.3, -0.25) is 19.9 Å². The molecule has 1 saturated heterocycles. The predicted octanol–water partition coefficient (Wildman–Crippen LogP) is -0.0294. The standard InChI is InChI=1S/C18H22FN5O4/c1-2-23-9-12(18(27)28)17(26)11-7-13(19)15(8-14(11)23)24-5-3-22(4-6-24)10-16(25)21-20/h7-9H,2-6,10,20H2,1H3,(H,21,25)(H,27,28). The minimum atomic E-state index is -1.34. The second-order valence-corrected chi connectivity index (χ2v) is 6.61. The molecule has 0 radical (unpaired) electrons. The van der Waals surface area contributed by atoms with Crippen molar-refractivity contribution in [2.45, 2.75) is 13.5 Å². The van der Waals surface area contributed by atoms with Gasteiger partial charge in [0.15, 0.2) is 0 Å². The van der Waals surface area contributed by atoms with Crippen LogP contribution in [0.2, 0.25) is 0 Å². The summed E-state index contributed by atoms with van der Waals surface area (Å²) in [5.41, 5.74) is 1.84. The number of carboxylic acids is 1. The Labute approximate surface area is 160 Å². The van der Waals surface area contributed by atoms with Gasteiger partial charge in [-0.2, -0.15) is 0 Å². The molecule has 150 valence electrons. The maximum absolute atomic E-state index is 14.8. The Morgan fingerprint density at radius 1 is 1.25 bits per heavy atom. The van der Waals surface area contributed by atoms with Crippen LogP contribution in [0.1, 0.15) is 17.3 Å². The molecule has 1 fully saturated rings. The second-order valence-electron chi connectivity index (χ2n) is 6.61. The van der Waals surface area contributed by atoms with E-state index < -0.39 is 17.2 Å². The summed E-state index contributed by atoms with van der Waals surface area (Å²) in [5, 5.41) is 9.26. The smallest absolute Gasteiger partial charge is 0.341 e. The van der Waals surface area contributed by atoms with Crippen molar-refractivity contribution in [1.29, 1.82) is 0 Å². The largest absolute Gasteiger partial charge is 0.477 e. The number of fused-ring (bicyclic) bond motifs is 1. The van der Waals surface area contributed by atoms with Gasteiger partial charge in [0, 0.05) is 44.3 Å². The molecule has 0 aliphatic carbocycles. The molecule has 1 aliphatic heterocycles. The Kier molecular flexibility index (Phi) is 5.61. The van der Waals surface area contributed by atoms with Crippen molar-refractivity contribution >= 4 is 28.5 Å². The number of nitrogens with one attached hydrogen (secondary N) is 1. The van der Waals surface area contributed by atoms with E-state index >= 15 is 0 Å². The highest BCUT2D eigenvalue weighted by Gasteiger charge is 2.23. The van der Waals surface area contributed by atoms with E-state index in [0.717, 1.165) is 6.07 Å². The number of hydrogen-bond acceptors (Lipinski definition) is 6. The Morgan fingerprint density at radius 3 is 2.50 bits per heavy atom. The third-order valence-electron chi connectivity index (χ3n) is 4.96. The van der Waals surface area contributed by atoms with E-state index in [1.165, 1.54) is 6.20 Å². The van der Waals surface area contributed by atoms with Crippen LogP contribution in [0.15, 0.2) is 23.1 Å². The highest BCUT2D eigenvalue weighted by Crippen LogP contribution is 2.26. The lowest BCUT2D eigenvalue weighted by Crippen LogP contribution is -2.50. The van der Waals surface area contributed by atoms with E-state index in [0.29, 0.717) is 43.9 Å². The Balaban J connectivity index is 1.94. The number of piperazine rings is 1. The van der Waals surface area contributed by atoms with Gasteiger partial charge in [0.1, 0.15) is 11.4 Å². The van der Waals surface area contributed by atoms with E-state index in [1.54, 1.807) is 10.6 Å². The summed E-state index contributed by atoms with van der Waals surface area (Å²) in [7, 11) is 0. The van der Waals surface area contributed by atoms with Crippen LogP contribution in [0.5, 0.6) is 0 Å². The molecule has 0 atom stereocenters. The number of nitrogens with two attached hydrogens (primary N) is 1. The van der Waals surface area contributed by atoms with Crippen LogP contribution < -0.4 is 21.6 Å². The number of benzene rings is 1. The summed E-state index contributed by atoms with van der Waals surface area (Å²) < 4.78 is 16.4. The molecule has 1 aromatic heterocycles. The average Bonchev–Trinajstić information content (AvgIpc) is 2.68. The molecule has 4 N–H and O–H groups in total. The lowest BCUT2D eigenvalue weighted by atomic mass is 10.1. The first kappa shape index (κ1) is 19.8. The molecule has 0 bridgehead atoms. The number of hydrogen-bond donors (Lipinski definition) is 3. The van der Waals surface area contributed by atoms with Gasteiger partial charge in [-0.25, -0.2) is 15.0 Å². The normalized spacial score (nSPS) is 15.0. The van der Waals surface area contributed by atoms with Gasteiger partial charge >= 0.3 is 5.97 Å². The number of carbonyl (C=O) groups is 2. The number of halogens is 1. The number of carboxylic acid groups (broad SMARTS) is 1. The number of anilines is 1. The zero-order chi connectivity index (χ0) is 20.4. The molecule has 0 saturated carbocycles. The summed E-state index contributed by atoms with van der Waals surface area (Å²) in [4.78, 5) is 38.9. The molecule has 2 heterocycles. The van der Waals surface area contributed by atoms with Crippen LogP contribution >= 0.6 is 0 Å². The van der Waals surface area contributed by atoms with Crippen LogP contribution in [-0.2, 0) is 11.3 Å². The second kappa shape index (κ2) is 7.95. The third kappa shape index (κ3) is 3.69. The molecular formula is C18H22FN5O4. The fraction of sp³-hybridized carbons (Fsp3) is 0.389. The first-order valence-corrected chi connectivity index (χ1v) is 8.92. The highest BCUT2D eigenvalue weighted by molar-refractivity contribution is 5.93. The van der Waals surface area contributed by atoms with Gasteiger partial charge in [-0.05, 0) is 19.1 Å². The Hall–Kier alpha value is -2.98. The topological polar surface area (TPSA) is 121 Å². The van der Waals surface area contributed by atoms with Gasteiger partial charge in [0.25, 0.3) is 0 Å². The molecule has 1 aliphatic rings. The quantitative estimate of drug-likeness (QED) is 0.372. The summed E-state index contributed by atoms with van der Waals surface area (Å²) in [5.74, 6) is 2.90. The summed E-state index contributed by atoms with van der Waals surface area (Å²) in [6.07, 6.45) is 1.29. The van der Waals surface area contributed by atoms with Gasteiger partial charge < -0.3 is 14.6 Å². The van der Waals surface area contributed by atoms with E-state index in [4.69, 9.17) is 5.84 Å². The fourth-order valence-corrected chi connectivity index (χ4v) is 3.45. The van der Waals surface area contributed by atoms with Crippen molar-refractivity contribution in [2.75, 3.05) is 37.6 Å². The molecular weight excluding hydrogens is 369 g/mol. The van der Waals surface area contributed by atoms with Crippen molar-refractivity contribution in [3.8, 4) is 0 Å². The SMILES string of the molecule is CCn1cc(C(=O)O)c(=O)c2cc(F)c(N3CCN(CC(=O)NN)CC3)cc21. The molecule has 0 spiro atoms. The summed E-state index contributed by atoms with van der Waals surface area (Å²) >= 11 is 0. The minimum absolute atomic E-state index is 0.0428. The number of rotatable bonds is 5. The number of aryl methyl sites for hydroxylation is 1. The zero-order valence-electron chi connectivity index (χ0n) is 15.4. The first-order valence-electron chi connectivity index (χ1n) is 8.92. The van der Waals surface area contributed by atoms with E-state index in [1.807, 2.05) is 16.7 Å². The summed E-state index contributed by atoms with van der Waals surface area (Å²) in [6, 6.07) is 2.70. The van der Waals surface area contributed by atoms with Crippen molar-refractivity contribution in [1.82, 2.24) is 14.9 Å². The number of aromatic nitrogens is 1. The van der Waals surface area contributed by atoms with Crippen LogP contribution in [0.3, 0.4) is 0 Å². The molecule has 0 unspecified atom stereocenters. The lowest BCUT2D eigenvalue weighted by molar-refractivity contribution is -0.122. The molecule has 2 aromatic rings. The van der Waals surface area contributed by atoms with Gasteiger partial charge in [-0.1, -0.05) is 0 Å². The lowest BCUT2D eigenvalue weighted by Gasteiger charge is -2.35. The van der Waals surface area contributed by atoms with E-state index in [-0.39, 0.29) is 23.4 Å². The highest BCUT2D eigenvalue weighted by atomic mass is 19.1. The van der Waals surface area contributed by atoms with Crippen LogP contribution in [0, 0.1) is 5.82 Å². The maximum atomic E-state index is 14.8. The third-order valence-corrected chi connectivity index (χ3v) is 4.96.